The number of para-hydroxylation sites is 1. The van der Waals surface area contributed by atoms with E-state index in [1.54, 1.807) is 36.4 Å². The third-order valence-electron chi connectivity index (χ3n) is 4.35. The van der Waals surface area contributed by atoms with Gasteiger partial charge in [0.15, 0.2) is 6.61 Å². The molecule has 0 saturated carbocycles. The third-order valence-corrected chi connectivity index (χ3v) is 4.35. The van der Waals surface area contributed by atoms with E-state index in [0.29, 0.717) is 30.8 Å². The number of carbonyl (C=O) groups excluding carboxylic acids is 2. The van der Waals surface area contributed by atoms with Gasteiger partial charge in [-0.1, -0.05) is 24.3 Å². The molecule has 6 nitrogen and oxygen atoms in total. The number of amides is 2. The average molecular weight is 408 g/mol. The van der Waals surface area contributed by atoms with Gasteiger partial charge < -0.3 is 20.7 Å². The molecule has 0 spiro atoms. The fourth-order valence-corrected chi connectivity index (χ4v) is 2.89. The first-order chi connectivity index (χ1) is 13.0. The Morgan fingerprint density at radius 1 is 1.21 bits per heavy atom. The average Bonchev–Trinajstić information content (AvgIpc) is 2.69. The van der Waals surface area contributed by atoms with Gasteiger partial charge in [-0.05, 0) is 49.2 Å². The molecular formula is C20H23ClFN3O3. The second-order valence-electron chi connectivity index (χ2n) is 6.37. The molecule has 0 saturated heterocycles. The van der Waals surface area contributed by atoms with Crippen molar-refractivity contribution < 1.29 is 18.7 Å². The van der Waals surface area contributed by atoms with Crippen LogP contribution >= 0.6 is 12.4 Å². The first-order valence-electron chi connectivity index (χ1n) is 8.83. The van der Waals surface area contributed by atoms with Gasteiger partial charge in [-0.3, -0.25) is 9.59 Å². The third kappa shape index (κ3) is 5.43. The molecule has 1 unspecified atom stereocenters. The predicted octanol–water partition coefficient (Wildman–Crippen LogP) is 2.42. The van der Waals surface area contributed by atoms with Crippen LogP contribution in [0.25, 0.3) is 0 Å². The molecule has 1 heterocycles. The maximum absolute atomic E-state index is 14.6. The quantitative estimate of drug-likeness (QED) is 0.687. The molecule has 3 N–H and O–H groups in total. The highest BCUT2D eigenvalue weighted by Gasteiger charge is 2.20. The van der Waals surface area contributed by atoms with Gasteiger partial charge in [0.2, 0.25) is 5.91 Å². The topological polar surface area (TPSA) is 79.5 Å². The van der Waals surface area contributed by atoms with Gasteiger partial charge in [-0.15, -0.1) is 12.4 Å². The van der Waals surface area contributed by atoms with Crippen LogP contribution < -0.4 is 20.7 Å². The van der Waals surface area contributed by atoms with Crippen molar-refractivity contribution in [2.75, 3.05) is 18.5 Å². The smallest absolute Gasteiger partial charge is 0.258 e. The van der Waals surface area contributed by atoms with E-state index >= 15 is 0 Å². The fourth-order valence-electron chi connectivity index (χ4n) is 2.89. The normalized spacial score (nSPS) is 13.5. The van der Waals surface area contributed by atoms with Crippen LogP contribution in [0.5, 0.6) is 5.75 Å². The number of nitrogens with one attached hydrogen (secondary N) is 3. The lowest BCUT2D eigenvalue weighted by Gasteiger charge is -2.20. The first kappa shape index (κ1) is 21.7. The minimum atomic E-state index is -0.825. The van der Waals surface area contributed by atoms with E-state index in [4.69, 9.17) is 4.74 Å². The van der Waals surface area contributed by atoms with Crippen LogP contribution in [0.4, 0.5) is 10.1 Å². The summed E-state index contributed by atoms with van der Waals surface area (Å²) in [6.07, 6.45) is 0.577. The minimum absolute atomic E-state index is 0. The molecule has 0 fully saturated rings. The Morgan fingerprint density at radius 2 is 1.96 bits per heavy atom. The summed E-state index contributed by atoms with van der Waals surface area (Å²) >= 11 is 0. The number of ether oxygens (including phenoxy) is 1. The zero-order valence-electron chi connectivity index (χ0n) is 15.5. The Hall–Kier alpha value is -2.64. The second kappa shape index (κ2) is 10.1. The largest absolute Gasteiger partial charge is 0.484 e. The van der Waals surface area contributed by atoms with E-state index in [9.17, 15) is 14.0 Å². The Bertz CT molecular complexity index is 833. The summed E-state index contributed by atoms with van der Waals surface area (Å²) in [5, 5.41) is 8.27. The molecule has 0 aromatic heterocycles. The molecule has 3 rings (SSSR count). The zero-order chi connectivity index (χ0) is 19.2. The predicted molar refractivity (Wildman–Crippen MR) is 107 cm³/mol. The monoisotopic (exact) mass is 407 g/mol. The van der Waals surface area contributed by atoms with E-state index in [0.717, 1.165) is 5.56 Å². The van der Waals surface area contributed by atoms with E-state index < -0.39 is 23.7 Å². The van der Waals surface area contributed by atoms with Crippen LogP contribution in [-0.2, 0) is 22.6 Å². The van der Waals surface area contributed by atoms with Crippen molar-refractivity contribution in [2.45, 2.75) is 25.9 Å². The lowest BCUT2D eigenvalue weighted by Crippen LogP contribution is -2.43. The lowest BCUT2D eigenvalue weighted by molar-refractivity contribution is -0.127. The molecular weight excluding hydrogens is 385 g/mol. The Morgan fingerprint density at radius 3 is 2.71 bits per heavy atom. The van der Waals surface area contributed by atoms with Crippen LogP contribution in [0.2, 0.25) is 0 Å². The summed E-state index contributed by atoms with van der Waals surface area (Å²) in [5.41, 5.74) is 1.65. The van der Waals surface area contributed by atoms with Crippen LogP contribution in [0, 0.1) is 5.82 Å². The van der Waals surface area contributed by atoms with Crippen LogP contribution in [-0.4, -0.2) is 31.0 Å². The lowest BCUT2D eigenvalue weighted by atomic mass is 9.99. The Balaban J connectivity index is 0.00000280. The highest BCUT2D eigenvalue weighted by atomic mass is 35.5. The summed E-state index contributed by atoms with van der Waals surface area (Å²) in [6, 6.07) is 11.4. The van der Waals surface area contributed by atoms with Gasteiger partial charge in [0, 0.05) is 6.54 Å². The zero-order valence-corrected chi connectivity index (χ0v) is 16.3. The second-order valence-corrected chi connectivity index (χ2v) is 6.37. The number of anilines is 1. The summed E-state index contributed by atoms with van der Waals surface area (Å²) in [4.78, 5) is 24.2. The van der Waals surface area contributed by atoms with Gasteiger partial charge >= 0.3 is 0 Å². The van der Waals surface area contributed by atoms with E-state index in [2.05, 4.69) is 16.0 Å². The van der Waals surface area contributed by atoms with E-state index in [1.807, 2.05) is 6.07 Å². The Kier molecular flexibility index (Phi) is 7.78. The van der Waals surface area contributed by atoms with E-state index in [1.165, 1.54) is 6.92 Å². The molecule has 1 atom stereocenters. The van der Waals surface area contributed by atoms with Crippen molar-refractivity contribution >= 4 is 29.9 Å². The SMILES string of the molecule is CC(NC(=O)COc1ccccc1)C(=O)Nc1ccc2c(c1F)CCNC2.Cl. The van der Waals surface area contributed by atoms with Gasteiger partial charge in [0.25, 0.3) is 5.91 Å². The molecule has 1 aliphatic rings. The van der Waals surface area contributed by atoms with Crippen molar-refractivity contribution in [1.82, 2.24) is 10.6 Å². The molecule has 0 aliphatic carbocycles. The number of fused-ring (bicyclic) bond motifs is 1. The number of rotatable bonds is 6. The Labute approximate surface area is 169 Å². The van der Waals surface area contributed by atoms with E-state index in [-0.39, 0.29) is 24.7 Å². The van der Waals surface area contributed by atoms with Gasteiger partial charge in [-0.25, -0.2) is 4.39 Å². The molecule has 150 valence electrons. The summed E-state index contributed by atoms with van der Waals surface area (Å²) < 4.78 is 19.9. The van der Waals surface area contributed by atoms with Crippen LogP contribution in [0.15, 0.2) is 42.5 Å². The summed E-state index contributed by atoms with van der Waals surface area (Å²) in [7, 11) is 0. The molecule has 2 amide bonds. The van der Waals surface area contributed by atoms with Crippen LogP contribution in [0.1, 0.15) is 18.1 Å². The highest BCUT2D eigenvalue weighted by Crippen LogP contribution is 2.24. The molecule has 2 aromatic rings. The molecule has 2 aromatic carbocycles. The standard InChI is InChI=1S/C20H22FN3O3.ClH/c1-13(23-18(25)12-27-15-5-3-2-4-6-15)20(26)24-17-8-7-14-11-22-10-9-16(14)19(17)21;/h2-8,13,22H,9-12H2,1H3,(H,23,25)(H,24,26);1H. The molecule has 28 heavy (non-hydrogen) atoms. The molecule has 0 bridgehead atoms. The minimum Gasteiger partial charge on any atom is -0.484 e. The number of carbonyl (C=O) groups is 2. The van der Waals surface area contributed by atoms with Crippen molar-refractivity contribution in [3.63, 3.8) is 0 Å². The van der Waals surface area contributed by atoms with Gasteiger partial charge in [0.05, 0.1) is 5.69 Å². The number of halogens is 2. The van der Waals surface area contributed by atoms with Gasteiger partial charge in [0.1, 0.15) is 17.6 Å². The number of hydrogen-bond donors (Lipinski definition) is 3. The number of hydrogen-bond acceptors (Lipinski definition) is 4. The van der Waals surface area contributed by atoms with Crippen molar-refractivity contribution in [3.05, 3.63) is 59.4 Å². The van der Waals surface area contributed by atoms with Crippen LogP contribution in [0.3, 0.4) is 0 Å². The molecule has 8 heteroatoms. The molecule has 0 radical (unpaired) electrons. The van der Waals surface area contributed by atoms with Gasteiger partial charge in [-0.2, -0.15) is 0 Å². The van der Waals surface area contributed by atoms with Crippen molar-refractivity contribution in [1.29, 1.82) is 0 Å². The van der Waals surface area contributed by atoms with Crippen molar-refractivity contribution in [2.24, 2.45) is 0 Å². The fraction of sp³-hybridized carbons (Fsp3) is 0.300. The number of benzene rings is 2. The maximum Gasteiger partial charge on any atom is 0.258 e. The first-order valence-corrected chi connectivity index (χ1v) is 8.83. The summed E-state index contributed by atoms with van der Waals surface area (Å²) in [5.74, 6) is -0.766. The molecule has 1 aliphatic heterocycles. The highest BCUT2D eigenvalue weighted by molar-refractivity contribution is 5.97. The maximum atomic E-state index is 14.6. The summed E-state index contributed by atoms with van der Waals surface area (Å²) in [6.45, 7) is 2.65. The van der Waals surface area contributed by atoms with Crippen molar-refractivity contribution in [3.8, 4) is 5.75 Å².